The summed E-state index contributed by atoms with van der Waals surface area (Å²) in [6.07, 6.45) is -1.45. The molecular weight excluding hydrogens is 281 g/mol. The van der Waals surface area contributed by atoms with Crippen LogP contribution in [0.5, 0.6) is 0 Å². The molecule has 0 saturated carbocycles. The van der Waals surface area contributed by atoms with Crippen molar-refractivity contribution in [2.45, 2.75) is 6.10 Å². The van der Waals surface area contributed by atoms with E-state index in [0.717, 1.165) is 0 Å². The molecular formula is C3H11KO9P2. The van der Waals surface area contributed by atoms with Gasteiger partial charge >= 0.3 is 67.0 Å². The molecule has 0 aliphatic rings. The Labute approximate surface area is 129 Å². The third-order valence-corrected chi connectivity index (χ3v) is 3.14. The average molecular weight is 292 g/mol. The summed E-state index contributed by atoms with van der Waals surface area (Å²) in [5, 5.41) is 16.8. The molecule has 0 heterocycles. The fourth-order valence-electron chi connectivity index (χ4n) is 0.466. The fraction of sp³-hybridized carbons (Fsp3) is 1.00. The summed E-state index contributed by atoms with van der Waals surface area (Å²) in [7, 11) is -10.2. The van der Waals surface area contributed by atoms with Gasteiger partial charge in [0.2, 0.25) is 0 Å². The summed E-state index contributed by atoms with van der Waals surface area (Å²) in [4.78, 5) is 25.0. The summed E-state index contributed by atoms with van der Waals surface area (Å²) in [5.74, 6) is 0. The first-order valence-corrected chi connectivity index (χ1v) is 6.22. The number of aliphatic hydroxyl groups is 2. The van der Waals surface area contributed by atoms with Crippen molar-refractivity contribution in [2.75, 3.05) is 13.2 Å². The summed E-state index contributed by atoms with van der Waals surface area (Å²) in [5.41, 5.74) is 0. The van der Waals surface area contributed by atoms with E-state index in [-0.39, 0.29) is 52.8 Å². The molecule has 0 saturated heterocycles. The first-order valence-electron chi connectivity index (χ1n) is 3.20. The Balaban J connectivity index is -0.000000845. The SMILES string of the molecule is O=P(O)(O)OP(=O)(O)OC(CO)CO.[H-].[K+]. The van der Waals surface area contributed by atoms with Crippen LogP contribution in [0.1, 0.15) is 1.43 Å². The molecule has 1 unspecified atom stereocenters. The number of aliphatic hydroxyl groups excluding tert-OH is 2. The molecule has 5 N–H and O–H groups in total. The van der Waals surface area contributed by atoms with Gasteiger partial charge in [0.15, 0.2) is 0 Å². The average Bonchev–Trinajstić information content (AvgIpc) is 1.95. The molecule has 0 aromatic carbocycles. The van der Waals surface area contributed by atoms with Gasteiger partial charge in [-0.05, 0) is 0 Å². The van der Waals surface area contributed by atoms with Crippen molar-refractivity contribution in [3.8, 4) is 0 Å². The molecule has 0 aliphatic carbocycles. The van der Waals surface area contributed by atoms with Gasteiger partial charge in [0.1, 0.15) is 6.10 Å². The van der Waals surface area contributed by atoms with Gasteiger partial charge < -0.3 is 26.3 Å². The second-order valence-electron chi connectivity index (χ2n) is 2.13. The molecule has 1 atom stereocenters. The van der Waals surface area contributed by atoms with Crippen LogP contribution in [0.3, 0.4) is 0 Å². The van der Waals surface area contributed by atoms with Gasteiger partial charge in [-0.3, -0.25) is 4.52 Å². The maximum absolute atomic E-state index is 10.8. The van der Waals surface area contributed by atoms with E-state index >= 15 is 0 Å². The van der Waals surface area contributed by atoms with E-state index in [1.54, 1.807) is 0 Å². The predicted molar refractivity (Wildman–Crippen MR) is 43.1 cm³/mol. The Hall–Kier alpha value is 1.82. The number of phosphoric acid groups is 2. The molecule has 0 aromatic rings. The van der Waals surface area contributed by atoms with Crippen molar-refractivity contribution in [3.63, 3.8) is 0 Å². The Bertz CT molecular complexity index is 263. The van der Waals surface area contributed by atoms with Gasteiger partial charge in [0, 0.05) is 0 Å². The minimum atomic E-state index is -5.17. The van der Waals surface area contributed by atoms with Gasteiger partial charge in [-0.25, -0.2) is 9.13 Å². The second-order valence-corrected chi connectivity index (χ2v) is 4.92. The third-order valence-electron chi connectivity index (χ3n) is 0.899. The molecule has 0 amide bonds. The van der Waals surface area contributed by atoms with Crippen molar-refractivity contribution in [1.29, 1.82) is 0 Å². The van der Waals surface area contributed by atoms with Crippen LogP contribution in [0.2, 0.25) is 0 Å². The summed E-state index contributed by atoms with van der Waals surface area (Å²) in [6, 6.07) is 0. The molecule has 0 bridgehead atoms. The zero-order valence-corrected chi connectivity index (χ0v) is 12.7. The zero-order chi connectivity index (χ0) is 11.4. The van der Waals surface area contributed by atoms with E-state index in [1.807, 2.05) is 0 Å². The van der Waals surface area contributed by atoms with Crippen molar-refractivity contribution >= 4 is 15.6 Å². The normalized spacial score (nSPS) is 15.9. The van der Waals surface area contributed by atoms with E-state index in [2.05, 4.69) is 8.83 Å². The molecule has 0 rings (SSSR count). The van der Waals surface area contributed by atoms with Crippen molar-refractivity contribution in [2.24, 2.45) is 0 Å². The van der Waals surface area contributed by atoms with E-state index < -0.39 is 35.0 Å². The first kappa shape index (κ1) is 19.2. The summed E-state index contributed by atoms with van der Waals surface area (Å²) >= 11 is 0. The summed E-state index contributed by atoms with van der Waals surface area (Å²) in [6.45, 7) is -1.60. The van der Waals surface area contributed by atoms with Crippen molar-refractivity contribution in [1.82, 2.24) is 0 Å². The molecule has 0 radical (unpaired) electrons. The van der Waals surface area contributed by atoms with Crippen LogP contribution in [0.15, 0.2) is 0 Å². The monoisotopic (exact) mass is 292 g/mol. The Kier molecular flexibility index (Phi) is 10.2. The predicted octanol–water partition coefficient (Wildman–Crippen LogP) is -4.32. The van der Waals surface area contributed by atoms with Crippen LogP contribution in [0.25, 0.3) is 0 Å². The number of hydrogen-bond acceptors (Lipinski definition) is 6. The standard InChI is InChI=1S/C3H10O9P2.K.H/c4-1-3(2-5)11-14(9,10)12-13(6,7)8;;/h3-5H,1-2H2,(H,9,10)(H2,6,7,8);;/q;+1;-1. The van der Waals surface area contributed by atoms with Crippen LogP contribution in [-0.2, 0) is 18.0 Å². The molecule has 0 spiro atoms. The zero-order valence-electron chi connectivity index (χ0n) is 8.76. The minimum absolute atomic E-state index is 0. The third kappa shape index (κ3) is 10.7. The van der Waals surface area contributed by atoms with E-state index in [1.165, 1.54) is 0 Å². The topological polar surface area (TPSA) is 154 Å². The van der Waals surface area contributed by atoms with Gasteiger partial charge in [0.25, 0.3) is 0 Å². The fourth-order valence-corrected chi connectivity index (χ4v) is 2.21. The molecule has 88 valence electrons. The second kappa shape index (κ2) is 8.01. The van der Waals surface area contributed by atoms with Gasteiger partial charge in [-0.15, -0.1) is 0 Å². The van der Waals surface area contributed by atoms with Crippen LogP contribution in [0.4, 0.5) is 0 Å². The molecule has 0 fully saturated rings. The molecule has 0 aromatic heterocycles. The Morgan fingerprint density at radius 2 is 1.53 bits per heavy atom. The number of rotatable bonds is 6. The maximum atomic E-state index is 10.8. The van der Waals surface area contributed by atoms with Crippen molar-refractivity contribution in [3.05, 3.63) is 0 Å². The van der Waals surface area contributed by atoms with Crippen LogP contribution in [0, 0.1) is 0 Å². The van der Waals surface area contributed by atoms with Crippen molar-refractivity contribution < 1.29 is 95.7 Å². The Morgan fingerprint density at radius 1 is 1.13 bits per heavy atom. The van der Waals surface area contributed by atoms with E-state index in [4.69, 9.17) is 24.9 Å². The van der Waals surface area contributed by atoms with E-state index in [0.29, 0.717) is 0 Å². The Morgan fingerprint density at radius 3 is 1.80 bits per heavy atom. The van der Waals surface area contributed by atoms with Gasteiger partial charge in [-0.1, -0.05) is 0 Å². The maximum Gasteiger partial charge on any atom is 1.00 e. The van der Waals surface area contributed by atoms with Crippen LogP contribution < -0.4 is 51.4 Å². The summed E-state index contributed by atoms with van der Waals surface area (Å²) < 4.78 is 28.3. The van der Waals surface area contributed by atoms with Gasteiger partial charge in [-0.2, -0.15) is 4.31 Å². The van der Waals surface area contributed by atoms with E-state index in [9.17, 15) is 9.13 Å². The first-order chi connectivity index (χ1) is 6.20. The molecule has 9 nitrogen and oxygen atoms in total. The largest absolute Gasteiger partial charge is 1.00 e. The minimum Gasteiger partial charge on any atom is -1.00 e. The quantitative estimate of drug-likeness (QED) is 0.241. The number of phosphoric ester groups is 1. The van der Waals surface area contributed by atoms with Crippen LogP contribution >= 0.6 is 15.6 Å². The van der Waals surface area contributed by atoms with Crippen LogP contribution in [-0.4, -0.2) is 44.2 Å². The smallest absolute Gasteiger partial charge is 1.00 e. The van der Waals surface area contributed by atoms with Gasteiger partial charge in [0.05, 0.1) is 13.2 Å². The molecule has 0 aliphatic heterocycles. The molecule has 12 heteroatoms. The number of hydrogen-bond donors (Lipinski definition) is 5. The molecule has 15 heavy (non-hydrogen) atoms.